The minimum atomic E-state index is -0.146. The minimum absolute atomic E-state index is 0.0426. The molecule has 138 valence electrons. The number of hydrogen-bond donors (Lipinski definition) is 2. The second kappa shape index (κ2) is 8.55. The fourth-order valence-corrected chi connectivity index (χ4v) is 3.08. The molecule has 0 radical (unpaired) electrons. The SMILES string of the molecule is CC(C)C(=O)Nc1ccc(NC(=O)Cc2csc(-c3ccccn3)n2)cc1. The van der Waals surface area contributed by atoms with Crippen molar-refractivity contribution in [3.05, 3.63) is 59.7 Å². The standard InChI is InChI=1S/C20H20N4O2S/c1-13(2)19(26)23-15-8-6-14(7-9-15)22-18(25)11-16-12-27-20(24-16)17-5-3-4-10-21-17/h3-10,12-13H,11H2,1-2H3,(H,22,25)(H,23,26). The lowest BCUT2D eigenvalue weighted by atomic mass is 10.2. The molecule has 2 heterocycles. The third-order valence-corrected chi connectivity index (χ3v) is 4.65. The van der Waals surface area contributed by atoms with Crippen LogP contribution in [0.5, 0.6) is 0 Å². The fraction of sp³-hybridized carbons (Fsp3) is 0.200. The maximum absolute atomic E-state index is 12.2. The molecule has 27 heavy (non-hydrogen) atoms. The van der Waals surface area contributed by atoms with Gasteiger partial charge < -0.3 is 10.6 Å². The molecule has 0 aliphatic rings. The molecular formula is C20H20N4O2S. The predicted molar refractivity (Wildman–Crippen MR) is 108 cm³/mol. The topological polar surface area (TPSA) is 84.0 Å². The largest absolute Gasteiger partial charge is 0.326 e. The zero-order valence-corrected chi connectivity index (χ0v) is 15.9. The Balaban J connectivity index is 1.56. The van der Waals surface area contributed by atoms with Crippen molar-refractivity contribution >= 4 is 34.5 Å². The van der Waals surface area contributed by atoms with Crippen LogP contribution in [0.3, 0.4) is 0 Å². The molecule has 0 aliphatic heterocycles. The van der Waals surface area contributed by atoms with E-state index in [1.54, 1.807) is 30.5 Å². The van der Waals surface area contributed by atoms with Crippen molar-refractivity contribution in [1.82, 2.24) is 9.97 Å². The average molecular weight is 380 g/mol. The maximum Gasteiger partial charge on any atom is 0.230 e. The van der Waals surface area contributed by atoms with Crippen LogP contribution in [0.4, 0.5) is 11.4 Å². The summed E-state index contributed by atoms with van der Waals surface area (Å²) in [5, 5.41) is 8.32. The van der Waals surface area contributed by atoms with Gasteiger partial charge in [0.1, 0.15) is 5.01 Å². The Morgan fingerprint density at radius 1 is 1.04 bits per heavy atom. The number of aromatic nitrogens is 2. The van der Waals surface area contributed by atoms with Gasteiger partial charge in [-0.2, -0.15) is 0 Å². The van der Waals surface area contributed by atoms with Crippen LogP contribution in [0.1, 0.15) is 19.5 Å². The lowest BCUT2D eigenvalue weighted by Gasteiger charge is -2.09. The van der Waals surface area contributed by atoms with E-state index in [0.717, 1.165) is 10.7 Å². The first-order chi connectivity index (χ1) is 13.0. The normalized spacial score (nSPS) is 10.6. The molecule has 7 heteroatoms. The second-order valence-electron chi connectivity index (χ2n) is 6.31. The van der Waals surface area contributed by atoms with Gasteiger partial charge in [-0.05, 0) is 36.4 Å². The Labute approximate surface area is 161 Å². The van der Waals surface area contributed by atoms with Gasteiger partial charge in [0.2, 0.25) is 11.8 Å². The van der Waals surface area contributed by atoms with Crippen LogP contribution in [0.2, 0.25) is 0 Å². The zero-order valence-electron chi connectivity index (χ0n) is 15.1. The molecule has 2 N–H and O–H groups in total. The van der Waals surface area contributed by atoms with E-state index in [-0.39, 0.29) is 24.2 Å². The van der Waals surface area contributed by atoms with E-state index in [0.29, 0.717) is 17.1 Å². The number of pyridine rings is 1. The van der Waals surface area contributed by atoms with E-state index in [2.05, 4.69) is 20.6 Å². The summed E-state index contributed by atoms with van der Waals surface area (Å²) in [7, 11) is 0. The molecule has 0 saturated heterocycles. The van der Waals surface area contributed by atoms with Crippen LogP contribution in [-0.4, -0.2) is 21.8 Å². The van der Waals surface area contributed by atoms with Gasteiger partial charge in [-0.1, -0.05) is 19.9 Å². The Bertz CT molecular complexity index is 921. The summed E-state index contributed by atoms with van der Waals surface area (Å²) < 4.78 is 0. The van der Waals surface area contributed by atoms with Crippen LogP contribution in [-0.2, 0) is 16.0 Å². The van der Waals surface area contributed by atoms with Gasteiger partial charge in [-0.25, -0.2) is 4.98 Å². The number of thiazole rings is 1. The Hall–Kier alpha value is -3.06. The van der Waals surface area contributed by atoms with E-state index in [1.807, 2.05) is 37.4 Å². The highest BCUT2D eigenvalue weighted by molar-refractivity contribution is 7.13. The summed E-state index contributed by atoms with van der Waals surface area (Å²) >= 11 is 1.47. The van der Waals surface area contributed by atoms with Crippen molar-refractivity contribution in [3.8, 4) is 10.7 Å². The molecule has 3 aromatic rings. The van der Waals surface area contributed by atoms with Crippen molar-refractivity contribution in [2.24, 2.45) is 5.92 Å². The smallest absolute Gasteiger partial charge is 0.230 e. The first-order valence-corrected chi connectivity index (χ1v) is 9.46. The minimum Gasteiger partial charge on any atom is -0.326 e. The number of anilines is 2. The third-order valence-electron chi connectivity index (χ3n) is 3.74. The molecule has 0 fully saturated rings. The van der Waals surface area contributed by atoms with Crippen LogP contribution in [0.25, 0.3) is 10.7 Å². The van der Waals surface area contributed by atoms with E-state index in [9.17, 15) is 9.59 Å². The number of amides is 2. The molecule has 2 aromatic heterocycles. The highest BCUT2D eigenvalue weighted by atomic mass is 32.1. The zero-order chi connectivity index (χ0) is 19.2. The molecule has 0 atom stereocenters. The highest BCUT2D eigenvalue weighted by Crippen LogP contribution is 2.22. The van der Waals surface area contributed by atoms with E-state index >= 15 is 0 Å². The molecule has 1 aromatic carbocycles. The Kier molecular flexibility index (Phi) is 5.93. The van der Waals surface area contributed by atoms with Crippen LogP contribution in [0.15, 0.2) is 54.0 Å². The molecule has 2 amide bonds. The number of benzene rings is 1. The van der Waals surface area contributed by atoms with Gasteiger partial charge in [0.15, 0.2) is 0 Å². The predicted octanol–water partition coefficient (Wildman–Crippen LogP) is 3.98. The lowest BCUT2D eigenvalue weighted by molar-refractivity contribution is -0.119. The van der Waals surface area contributed by atoms with Crippen LogP contribution >= 0.6 is 11.3 Å². The van der Waals surface area contributed by atoms with Gasteiger partial charge in [-0.3, -0.25) is 14.6 Å². The summed E-state index contributed by atoms with van der Waals surface area (Å²) in [6, 6.07) is 12.7. The molecule has 0 aliphatic carbocycles. The number of rotatable bonds is 6. The van der Waals surface area contributed by atoms with E-state index < -0.39 is 0 Å². The summed E-state index contributed by atoms with van der Waals surface area (Å²) in [4.78, 5) is 32.7. The number of carbonyl (C=O) groups is 2. The van der Waals surface area contributed by atoms with Gasteiger partial charge in [0.25, 0.3) is 0 Å². The van der Waals surface area contributed by atoms with E-state index in [1.165, 1.54) is 11.3 Å². The average Bonchev–Trinajstić information content (AvgIpc) is 3.12. The quantitative estimate of drug-likeness (QED) is 0.677. The van der Waals surface area contributed by atoms with Crippen LogP contribution in [0, 0.1) is 5.92 Å². The molecular weight excluding hydrogens is 360 g/mol. The summed E-state index contributed by atoms with van der Waals surface area (Å²) in [5.74, 6) is -0.274. The Morgan fingerprint density at radius 2 is 1.74 bits per heavy atom. The van der Waals surface area contributed by atoms with Gasteiger partial charge in [-0.15, -0.1) is 11.3 Å². The van der Waals surface area contributed by atoms with Crippen molar-refractivity contribution in [1.29, 1.82) is 0 Å². The second-order valence-corrected chi connectivity index (χ2v) is 7.16. The first-order valence-electron chi connectivity index (χ1n) is 8.58. The molecule has 0 saturated carbocycles. The third kappa shape index (κ3) is 5.21. The van der Waals surface area contributed by atoms with E-state index in [4.69, 9.17) is 0 Å². The number of hydrogen-bond acceptors (Lipinski definition) is 5. The Morgan fingerprint density at radius 3 is 2.37 bits per heavy atom. The summed E-state index contributed by atoms with van der Waals surface area (Å²) in [5.41, 5.74) is 2.88. The van der Waals surface area contributed by atoms with Crippen molar-refractivity contribution in [3.63, 3.8) is 0 Å². The summed E-state index contributed by atoms with van der Waals surface area (Å²) in [6.07, 6.45) is 1.91. The molecule has 0 unspecified atom stereocenters. The molecule has 0 bridgehead atoms. The summed E-state index contributed by atoms with van der Waals surface area (Å²) in [6.45, 7) is 3.67. The van der Waals surface area contributed by atoms with Gasteiger partial charge in [0.05, 0.1) is 17.8 Å². The molecule has 6 nitrogen and oxygen atoms in total. The van der Waals surface area contributed by atoms with Crippen molar-refractivity contribution in [2.75, 3.05) is 10.6 Å². The maximum atomic E-state index is 12.2. The van der Waals surface area contributed by atoms with Crippen LogP contribution < -0.4 is 10.6 Å². The highest BCUT2D eigenvalue weighted by Gasteiger charge is 2.11. The van der Waals surface area contributed by atoms with Crippen molar-refractivity contribution in [2.45, 2.75) is 20.3 Å². The number of nitrogens with zero attached hydrogens (tertiary/aromatic N) is 2. The lowest BCUT2D eigenvalue weighted by Crippen LogP contribution is -2.18. The fourth-order valence-electron chi connectivity index (χ4n) is 2.29. The number of nitrogens with one attached hydrogen (secondary N) is 2. The van der Waals surface area contributed by atoms with Crippen molar-refractivity contribution < 1.29 is 9.59 Å². The molecule has 0 spiro atoms. The number of carbonyl (C=O) groups excluding carboxylic acids is 2. The van der Waals surface area contributed by atoms with Gasteiger partial charge in [0, 0.05) is 28.9 Å². The molecule has 3 rings (SSSR count). The monoisotopic (exact) mass is 380 g/mol. The van der Waals surface area contributed by atoms with Gasteiger partial charge >= 0.3 is 0 Å². The first kappa shape index (κ1) is 18.7.